The average molecular weight is 476 g/mol. The monoisotopic (exact) mass is 475 g/mol. The third kappa shape index (κ3) is 7.95. The summed E-state index contributed by atoms with van der Waals surface area (Å²) in [6.45, 7) is 7.01. The van der Waals surface area contributed by atoms with Crippen LogP contribution >= 0.6 is 0 Å². The van der Waals surface area contributed by atoms with E-state index >= 15 is 0 Å². The van der Waals surface area contributed by atoms with Gasteiger partial charge in [0.15, 0.2) is 0 Å². The number of aromatic nitrogens is 2. The van der Waals surface area contributed by atoms with E-state index in [1.807, 2.05) is 26.8 Å². The van der Waals surface area contributed by atoms with Gasteiger partial charge in [-0.2, -0.15) is 0 Å². The lowest BCUT2D eigenvalue weighted by Gasteiger charge is -2.20. The molecule has 2 aromatic rings. The molecule has 2 rings (SSSR count). The number of aliphatic imine (C=N–C) groups is 1. The highest BCUT2D eigenvalue weighted by Gasteiger charge is 2.18. The lowest BCUT2D eigenvalue weighted by molar-refractivity contribution is -0.122. The minimum absolute atomic E-state index is 0.254. The van der Waals surface area contributed by atoms with Crippen molar-refractivity contribution in [3.8, 4) is 0 Å². The van der Waals surface area contributed by atoms with Crippen molar-refractivity contribution in [3.05, 3.63) is 74.2 Å². The molecule has 33 heavy (non-hydrogen) atoms. The van der Waals surface area contributed by atoms with Gasteiger partial charge in [0.25, 0.3) is 16.8 Å². The first-order chi connectivity index (χ1) is 15.6. The van der Waals surface area contributed by atoms with Crippen molar-refractivity contribution >= 4 is 28.6 Å². The maximum absolute atomic E-state index is 12.8. The van der Waals surface area contributed by atoms with E-state index in [9.17, 15) is 18.6 Å². The number of nitrogens with zero attached hydrogens (tertiary/aromatic N) is 2. The van der Waals surface area contributed by atoms with Crippen LogP contribution in [0.1, 0.15) is 38.3 Å². The highest BCUT2D eigenvalue weighted by molar-refractivity contribution is 7.80. The first kappa shape index (κ1) is 25.9. The maximum Gasteiger partial charge on any atom is 0.328 e. The number of carbonyl (C=O) groups excluding carboxylic acids is 1. The SMILES string of the molecule is C/C=C(/CC)N=C(C)[C@H](Cc1ccc(NS(=O)O)cc1)NC(=O)Cn1cc(C)c(=O)[nH]c1=O. The second kappa shape index (κ2) is 12.1. The summed E-state index contributed by atoms with van der Waals surface area (Å²) in [7, 11) is 0. The van der Waals surface area contributed by atoms with Crippen molar-refractivity contribution in [1.29, 1.82) is 0 Å². The number of benzene rings is 1. The zero-order chi connectivity index (χ0) is 24.5. The summed E-state index contributed by atoms with van der Waals surface area (Å²) in [5.41, 5.74) is 2.12. The van der Waals surface area contributed by atoms with E-state index < -0.39 is 34.5 Å². The van der Waals surface area contributed by atoms with Crippen LogP contribution in [0.5, 0.6) is 0 Å². The standard InChI is InChI=1S/C22H29N5O5S/c1-5-17(6-2)23-15(4)19(11-16-7-9-18(10-8-16)26-33(31)32)24-20(28)13-27-12-14(3)21(29)25-22(27)30/h5,7-10,12,19,26H,6,11,13H2,1-4H3,(H,24,28)(H,31,32)(H,25,29,30)/b17-5-,23-15?/t19-/m0/s1. The molecule has 1 unspecified atom stereocenters. The molecule has 0 aliphatic heterocycles. The summed E-state index contributed by atoms with van der Waals surface area (Å²) < 4.78 is 23.4. The van der Waals surface area contributed by atoms with Gasteiger partial charge in [0.1, 0.15) is 6.54 Å². The Balaban J connectivity index is 2.26. The number of aryl methyl sites for hydroxylation is 1. The summed E-state index contributed by atoms with van der Waals surface area (Å²) in [5, 5.41) is 2.92. The molecule has 10 nitrogen and oxygen atoms in total. The molecule has 0 fully saturated rings. The van der Waals surface area contributed by atoms with Crippen molar-refractivity contribution in [3.63, 3.8) is 0 Å². The fourth-order valence-electron chi connectivity index (χ4n) is 3.13. The van der Waals surface area contributed by atoms with Gasteiger partial charge in [-0.3, -0.25) is 33.4 Å². The fraction of sp³-hybridized carbons (Fsp3) is 0.364. The van der Waals surface area contributed by atoms with Crippen LogP contribution in [0, 0.1) is 6.92 Å². The molecule has 11 heteroatoms. The second-order valence-corrected chi connectivity index (χ2v) is 8.16. The number of rotatable bonds is 10. The van der Waals surface area contributed by atoms with Crippen molar-refractivity contribution in [2.45, 2.75) is 53.1 Å². The number of hydrogen-bond donors (Lipinski definition) is 4. The van der Waals surface area contributed by atoms with E-state index in [2.05, 4.69) is 20.0 Å². The number of amides is 1. The number of aromatic amines is 1. The molecule has 0 spiro atoms. The first-order valence-corrected chi connectivity index (χ1v) is 11.5. The molecule has 0 bridgehead atoms. The van der Waals surface area contributed by atoms with Gasteiger partial charge in [0.05, 0.1) is 6.04 Å². The van der Waals surface area contributed by atoms with Crippen molar-refractivity contribution in [2.24, 2.45) is 4.99 Å². The Kier molecular flexibility index (Phi) is 9.49. The highest BCUT2D eigenvalue weighted by atomic mass is 32.2. The van der Waals surface area contributed by atoms with E-state index in [1.54, 1.807) is 31.2 Å². The van der Waals surface area contributed by atoms with Crippen LogP contribution in [0.2, 0.25) is 0 Å². The largest absolute Gasteiger partial charge is 0.346 e. The molecule has 0 saturated carbocycles. The van der Waals surface area contributed by atoms with Crippen LogP contribution in [0.4, 0.5) is 5.69 Å². The summed E-state index contributed by atoms with van der Waals surface area (Å²) in [6, 6.07) is 6.45. The Bertz CT molecular complexity index is 1180. The molecule has 4 N–H and O–H groups in total. The average Bonchev–Trinajstić information content (AvgIpc) is 2.76. The first-order valence-electron chi connectivity index (χ1n) is 10.4. The third-order valence-electron chi connectivity index (χ3n) is 4.96. The van der Waals surface area contributed by atoms with E-state index in [4.69, 9.17) is 4.55 Å². The molecule has 2 atom stereocenters. The molecule has 0 radical (unpaired) electrons. The smallest absolute Gasteiger partial charge is 0.328 e. The maximum atomic E-state index is 12.8. The van der Waals surface area contributed by atoms with Gasteiger partial charge in [-0.1, -0.05) is 25.1 Å². The zero-order valence-corrected chi connectivity index (χ0v) is 19.9. The molecular weight excluding hydrogens is 446 g/mol. The molecule has 1 aromatic heterocycles. The number of hydrogen-bond acceptors (Lipinski definition) is 5. The van der Waals surface area contributed by atoms with Crippen LogP contribution < -0.4 is 21.3 Å². The minimum atomic E-state index is -2.17. The van der Waals surface area contributed by atoms with Gasteiger partial charge in [0, 0.05) is 28.9 Å². The Hall–Kier alpha value is -3.31. The van der Waals surface area contributed by atoms with Gasteiger partial charge in [-0.15, -0.1) is 0 Å². The summed E-state index contributed by atoms with van der Waals surface area (Å²) >= 11 is -2.17. The topological polar surface area (TPSA) is 146 Å². The Morgan fingerprint density at radius 3 is 2.55 bits per heavy atom. The summed E-state index contributed by atoms with van der Waals surface area (Å²) in [6.07, 6.45) is 4.41. The molecule has 0 aliphatic carbocycles. The van der Waals surface area contributed by atoms with E-state index in [-0.39, 0.29) is 6.54 Å². The van der Waals surface area contributed by atoms with Gasteiger partial charge in [-0.25, -0.2) is 9.00 Å². The third-order valence-corrected chi connectivity index (χ3v) is 5.37. The predicted octanol–water partition coefficient (Wildman–Crippen LogP) is 1.90. The van der Waals surface area contributed by atoms with Gasteiger partial charge in [0.2, 0.25) is 5.91 Å². The Morgan fingerprint density at radius 1 is 1.30 bits per heavy atom. The van der Waals surface area contributed by atoms with Gasteiger partial charge in [-0.05, 0) is 51.3 Å². The van der Waals surface area contributed by atoms with E-state index in [0.29, 0.717) is 23.4 Å². The lowest BCUT2D eigenvalue weighted by atomic mass is 10.0. The molecule has 1 heterocycles. The van der Waals surface area contributed by atoms with Crippen LogP contribution in [0.25, 0.3) is 0 Å². The van der Waals surface area contributed by atoms with E-state index in [0.717, 1.165) is 22.2 Å². The van der Waals surface area contributed by atoms with Crippen LogP contribution in [-0.4, -0.2) is 36.0 Å². The Morgan fingerprint density at radius 2 is 1.97 bits per heavy atom. The van der Waals surface area contributed by atoms with Crippen LogP contribution in [-0.2, 0) is 29.0 Å². The number of anilines is 1. The lowest BCUT2D eigenvalue weighted by Crippen LogP contribution is -2.44. The number of allylic oxidation sites excluding steroid dienone is 2. The predicted molar refractivity (Wildman–Crippen MR) is 130 cm³/mol. The molecule has 0 aliphatic rings. The molecule has 1 amide bonds. The van der Waals surface area contributed by atoms with Crippen molar-refractivity contribution < 1.29 is 13.6 Å². The van der Waals surface area contributed by atoms with Crippen LogP contribution in [0.3, 0.4) is 0 Å². The molecule has 178 valence electrons. The molecular formula is C22H29N5O5S. The van der Waals surface area contributed by atoms with Crippen LogP contribution in [0.15, 0.2) is 56.8 Å². The van der Waals surface area contributed by atoms with E-state index in [1.165, 1.54) is 6.20 Å². The van der Waals surface area contributed by atoms with Crippen molar-refractivity contribution in [2.75, 3.05) is 4.72 Å². The highest BCUT2D eigenvalue weighted by Crippen LogP contribution is 2.13. The second-order valence-electron chi connectivity index (χ2n) is 7.46. The quantitative estimate of drug-likeness (QED) is 0.306. The zero-order valence-electron chi connectivity index (χ0n) is 19.0. The van der Waals surface area contributed by atoms with Gasteiger partial charge < -0.3 is 5.32 Å². The summed E-state index contributed by atoms with van der Waals surface area (Å²) in [4.78, 5) is 43.2. The fourth-order valence-corrected chi connectivity index (χ4v) is 3.47. The Labute approximate surface area is 194 Å². The number of carbonyl (C=O) groups is 1. The minimum Gasteiger partial charge on any atom is -0.346 e. The molecule has 1 aromatic carbocycles. The normalized spacial score (nSPS) is 14.0. The van der Waals surface area contributed by atoms with Gasteiger partial charge >= 0.3 is 5.69 Å². The molecule has 0 saturated heterocycles. The van der Waals surface area contributed by atoms with Crippen molar-refractivity contribution in [1.82, 2.24) is 14.9 Å². The number of H-pyrrole nitrogens is 1. The summed E-state index contributed by atoms with van der Waals surface area (Å²) in [5.74, 6) is -0.407. The number of nitrogens with one attached hydrogen (secondary N) is 3.